The van der Waals surface area contributed by atoms with Crippen LogP contribution in [-0.2, 0) is 24.7 Å². The number of amides is 1. The molecule has 24 heavy (non-hydrogen) atoms. The molecule has 0 radical (unpaired) electrons. The second-order valence-electron chi connectivity index (χ2n) is 5.28. The van der Waals surface area contributed by atoms with Crippen LogP contribution in [0.15, 0.2) is 41.2 Å². The maximum absolute atomic E-state index is 11.9. The van der Waals surface area contributed by atoms with Gasteiger partial charge in [-0.2, -0.15) is 10.1 Å². The van der Waals surface area contributed by atoms with Gasteiger partial charge in [-0.05, 0) is 0 Å². The van der Waals surface area contributed by atoms with Crippen molar-refractivity contribution in [2.24, 2.45) is 7.05 Å². The zero-order valence-electron chi connectivity index (χ0n) is 13.3. The van der Waals surface area contributed by atoms with Crippen LogP contribution in [0.25, 0.3) is 11.4 Å². The molecule has 0 atom stereocenters. The molecule has 2 aromatic heterocycles. The van der Waals surface area contributed by atoms with E-state index in [9.17, 15) is 4.79 Å². The number of rotatable bonds is 7. The summed E-state index contributed by atoms with van der Waals surface area (Å²) in [5.41, 5.74) is 0.889. The molecule has 3 aromatic rings. The van der Waals surface area contributed by atoms with Crippen molar-refractivity contribution in [3.63, 3.8) is 0 Å². The van der Waals surface area contributed by atoms with Crippen LogP contribution in [0, 0.1) is 0 Å². The SMILES string of the molecule is Cn1ncnc1CCNC(=O)CCc1nc(-c2ccccc2)no1. The zero-order chi connectivity index (χ0) is 16.8. The molecule has 8 nitrogen and oxygen atoms in total. The van der Waals surface area contributed by atoms with Gasteiger partial charge in [0.05, 0.1) is 0 Å². The van der Waals surface area contributed by atoms with Crippen molar-refractivity contribution in [1.29, 1.82) is 0 Å². The molecule has 0 fully saturated rings. The second-order valence-corrected chi connectivity index (χ2v) is 5.28. The Morgan fingerprint density at radius 1 is 1.25 bits per heavy atom. The fraction of sp³-hybridized carbons (Fsp3) is 0.312. The minimum atomic E-state index is -0.0587. The molecule has 0 saturated carbocycles. The fourth-order valence-electron chi connectivity index (χ4n) is 2.23. The number of aromatic nitrogens is 5. The van der Waals surface area contributed by atoms with Crippen LogP contribution in [0.1, 0.15) is 18.1 Å². The molecule has 0 saturated heterocycles. The first-order valence-corrected chi connectivity index (χ1v) is 7.70. The molecule has 3 rings (SSSR count). The molecular formula is C16H18N6O2. The van der Waals surface area contributed by atoms with Gasteiger partial charge >= 0.3 is 0 Å². The van der Waals surface area contributed by atoms with Crippen molar-refractivity contribution in [1.82, 2.24) is 30.2 Å². The Labute approximate surface area is 138 Å². The Balaban J connectivity index is 1.43. The standard InChI is InChI=1S/C16H18N6O2/c1-22-13(18-11-19-22)9-10-17-14(23)7-8-15-20-16(21-24-15)12-5-3-2-4-6-12/h2-6,11H,7-10H2,1H3,(H,17,23). The molecule has 124 valence electrons. The quantitative estimate of drug-likeness (QED) is 0.699. The lowest BCUT2D eigenvalue weighted by Crippen LogP contribution is -2.26. The highest BCUT2D eigenvalue weighted by atomic mass is 16.5. The predicted molar refractivity (Wildman–Crippen MR) is 85.8 cm³/mol. The van der Waals surface area contributed by atoms with Gasteiger partial charge in [0.1, 0.15) is 12.2 Å². The van der Waals surface area contributed by atoms with Crippen molar-refractivity contribution in [3.8, 4) is 11.4 Å². The second kappa shape index (κ2) is 7.49. The molecule has 1 aromatic carbocycles. The van der Waals surface area contributed by atoms with E-state index in [0.29, 0.717) is 37.5 Å². The molecule has 0 aliphatic heterocycles. The van der Waals surface area contributed by atoms with Crippen molar-refractivity contribution >= 4 is 5.91 Å². The van der Waals surface area contributed by atoms with Gasteiger partial charge in [-0.3, -0.25) is 9.48 Å². The third-order valence-corrected chi connectivity index (χ3v) is 3.54. The normalized spacial score (nSPS) is 10.7. The monoisotopic (exact) mass is 326 g/mol. The molecule has 8 heteroatoms. The van der Waals surface area contributed by atoms with Crippen LogP contribution in [0.5, 0.6) is 0 Å². The minimum Gasteiger partial charge on any atom is -0.356 e. The van der Waals surface area contributed by atoms with Gasteiger partial charge in [0, 0.05) is 38.4 Å². The van der Waals surface area contributed by atoms with E-state index in [-0.39, 0.29) is 5.91 Å². The van der Waals surface area contributed by atoms with E-state index < -0.39 is 0 Å². The average molecular weight is 326 g/mol. The lowest BCUT2D eigenvalue weighted by Gasteiger charge is -2.03. The highest BCUT2D eigenvalue weighted by Gasteiger charge is 2.10. The number of carbonyl (C=O) groups excluding carboxylic acids is 1. The topological polar surface area (TPSA) is 98.7 Å². The summed E-state index contributed by atoms with van der Waals surface area (Å²) in [6.45, 7) is 0.518. The van der Waals surface area contributed by atoms with Crippen LogP contribution < -0.4 is 5.32 Å². The molecule has 0 unspecified atom stereocenters. The maximum Gasteiger partial charge on any atom is 0.227 e. The van der Waals surface area contributed by atoms with E-state index in [2.05, 4.69) is 25.5 Å². The average Bonchev–Trinajstić information content (AvgIpc) is 3.23. The largest absolute Gasteiger partial charge is 0.356 e. The highest BCUT2D eigenvalue weighted by Crippen LogP contribution is 2.15. The van der Waals surface area contributed by atoms with Crippen LogP contribution >= 0.6 is 0 Å². The molecule has 0 bridgehead atoms. The number of carbonyl (C=O) groups is 1. The summed E-state index contributed by atoms with van der Waals surface area (Å²) in [7, 11) is 1.82. The first-order valence-electron chi connectivity index (χ1n) is 7.70. The Morgan fingerprint density at radius 2 is 2.08 bits per heavy atom. The van der Waals surface area contributed by atoms with Crippen LogP contribution in [0.4, 0.5) is 0 Å². The number of benzene rings is 1. The first-order chi connectivity index (χ1) is 11.7. The van der Waals surface area contributed by atoms with E-state index in [0.717, 1.165) is 11.4 Å². The number of nitrogens with zero attached hydrogens (tertiary/aromatic N) is 5. The zero-order valence-corrected chi connectivity index (χ0v) is 13.3. The van der Waals surface area contributed by atoms with Gasteiger partial charge < -0.3 is 9.84 Å². The summed E-state index contributed by atoms with van der Waals surface area (Å²) in [4.78, 5) is 20.3. The molecule has 0 aliphatic rings. The Bertz CT molecular complexity index is 796. The van der Waals surface area contributed by atoms with Crippen molar-refractivity contribution < 1.29 is 9.32 Å². The number of hydrogen-bond acceptors (Lipinski definition) is 6. The molecule has 1 N–H and O–H groups in total. The van der Waals surface area contributed by atoms with Gasteiger partial charge in [-0.15, -0.1) is 0 Å². The smallest absolute Gasteiger partial charge is 0.227 e. The van der Waals surface area contributed by atoms with E-state index in [4.69, 9.17) is 4.52 Å². The molecule has 2 heterocycles. The lowest BCUT2D eigenvalue weighted by atomic mass is 10.2. The predicted octanol–water partition coefficient (Wildman–Crippen LogP) is 1.16. The van der Waals surface area contributed by atoms with Gasteiger partial charge in [0.15, 0.2) is 0 Å². The number of nitrogens with one attached hydrogen (secondary N) is 1. The maximum atomic E-state index is 11.9. The third-order valence-electron chi connectivity index (χ3n) is 3.54. The number of hydrogen-bond donors (Lipinski definition) is 1. The van der Waals surface area contributed by atoms with Gasteiger partial charge in [0.2, 0.25) is 17.6 Å². The van der Waals surface area contributed by atoms with Crippen LogP contribution in [0.2, 0.25) is 0 Å². The summed E-state index contributed by atoms with van der Waals surface area (Å²) in [6, 6.07) is 9.57. The summed E-state index contributed by atoms with van der Waals surface area (Å²) in [5, 5.41) is 10.8. The van der Waals surface area contributed by atoms with Crippen molar-refractivity contribution in [3.05, 3.63) is 48.4 Å². The highest BCUT2D eigenvalue weighted by molar-refractivity contribution is 5.76. The molecular weight excluding hydrogens is 308 g/mol. The van der Waals surface area contributed by atoms with E-state index in [1.807, 2.05) is 37.4 Å². The van der Waals surface area contributed by atoms with Gasteiger partial charge in [-0.25, -0.2) is 4.98 Å². The summed E-state index contributed by atoms with van der Waals surface area (Å²) in [6.07, 6.45) is 2.85. The molecule has 0 spiro atoms. The number of aryl methyl sites for hydroxylation is 2. The first kappa shape index (κ1) is 15.9. The Morgan fingerprint density at radius 3 is 2.83 bits per heavy atom. The summed E-state index contributed by atoms with van der Waals surface area (Å²) < 4.78 is 6.88. The van der Waals surface area contributed by atoms with E-state index in [1.165, 1.54) is 6.33 Å². The molecule has 0 aliphatic carbocycles. The van der Waals surface area contributed by atoms with Gasteiger partial charge in [-0.1, -0.05) is 35.5 Å². The third kappa shape index (κ3) is 4.03. The van der Waals surface area contributed by atoms with Crippen LogP contribution in [-0.4, -0.2) is 37.4 Å². The minimum absolute atomic E-state index is 0.0587. The van der Waals surface area contributed by atoms with Gasteiger partial charge in [0.25, 0.3) is 0 Å². The van der Waals surface area contributed by atoms with E-state index >= 15 is 0 Å². The fourth-order valence-corrected chi connectivity index (χ4v) is 2.23. The van der Waals surface area contributed by atoms with Crippen molar-refractivity contribution in [2.75, 3.05) is 6.54 Å². The summed E-state index contributed by atoms with van der Waals surface area (Å²) in [5.74, 6) is 1.77. The molecule has 1 amide bonds. The van der Waals surface area contributed by atoms with Crippen LogP contribution in [0.3, 0.4) is 0 Å². The Hall–Kier alpha value is -3.03. The van der Waals surface area contributed by atoms with E-state index in [1.54, 1.807) is 4.68 Å². The Kier molecular flexibility index (Phi) is 4.95. The van der Waals surface area contributed by atoms with Crippen molar-refractivity contribution in [2.45, 2.75) is 19.3 Å². The lowest BCUT2D eigenvalue weighted by molar-refractivity contribution is -0.121. The summed E-state index contributed by atoms with van der Waals surface area (Å²) >= 11 is 0.